The molecule has 0 aromatic carbocycles. The summed E-state index contributed by atoms with van der Waals surface area (Å²) in [6, 6.07) is 0.827. The van der Waals surface area contributed by atoms with Gasteiger partial charge in [-0.1, -0.05) is 33.6 Å². The number of nitrogens with one attached hydrogen (secondary N) is 1. The first kappa shape index (κ1) is 17.2. The largest absolute Gasteiger partial charge is 0.381 e. The highest BCUT2D eigenvalue weighted by atomic mass is 16.5. The molecule has 1 saturated heterocycles. The van der Waals surface area contributed by atoms with Gasteiger partial charge in [-0.25, -0.2) is 0 Å². The summed E-state index contributed by atoms with van der Waals surface area (Å²) in [6.45, 7) is 13.5. The van der Waals surface area contributed by atoms with Crippen molar-refractivity contribution in [2.24, 2.45) is 11.3 Å². The van der Waals surface area contributed by atoms with Gasteiger partial charge in [-0.3, -0.25) is 4.90 Å². The minimum atomic E-state index is 0.339. The lowest BCUT2D eigenvalue weighted by atomic mass is 9.81. The maximum absolute atomic E-state index is 5.88. The van der Waals surface area contributed by atoms with Crippen LogP contribution in [0.2, 0.25) is 0 Å². The first-order valence-corrected chi connectivity index (χ1v) is 9.18. The second kappa shape index (κ2) is 8.50. The summed E-state index contributed by atoms with van der Waals surface area (Å²) in [4.78, 5) is 2.81. The number of rotatable bonds is 8. The maximum atomic E-state index is 5.88. The van der Waals surface area contributed by atoms with Gasteiger partial charge >= 0.3 is 0 Å². The van der Waals surface area contributed by atoms with Crippen LogP contribution >= 0.6 is 0 Å². The van der Waals surface area contributed by atoms with Crippen molar-refractivity contribution in [3.8, 4) is 0 Å². The lowest BCUT2D eigenvalue weighted by Gasteiger charge is -2.43. The zero-order chi connectivity index (χ0) is 15.1. The third kappa shape index (κ3) is 5.22. The fraction of sp³-hybridized carbons (Fsp3) is 1.00. The van der Waals surface area contributed by atoms with E-state index in [1.165, 1.54) is 51.6 Å². The van der Waals surface area contributed by atoms with Crippen molar-refractivity contribution < 1.29 is 4.74 Å². The summed E-state index contributed by atoms with van der Waals surface area (Å²) in [5.41, 5.74) is 0.339. The molecule has 1 atom stereocenters. The standard InChI is InChI=1S/C18H36N2O/c1-4-19-13-18(10-7-11-21-15-18)14-20(12-16(2)3)17-8-5-6-9-17/h16-17,19H,4-15H2,1-3H3. The van der Waals surface area contributed by atoms with Crippen LogP contribution in [0.5, 0.6) is 0 Å². The molecule has 0 bridgehead atoms. The Hall–Kier alpha value is -0.120. The highest BCUT2D eigenvalue weighted by molar-refractivity contribution is 4.90. The van der Waals surface area contributed by atoms with E-state index in [4.69, 9.17) is 4.74 Å². The van der Waals surface area contributed by atoms with Crippen LogP contribution in [0.1, 0.15) is 59.3 Å². The molecule has 2 fully saturated rings. The van der Waals surface area contributed by atoms with Gasteiger partial charge in [-0.15, -0.1) is 0 Å². The van der Waals surface area contributed by atoms with Gasteiger partial charge < -0.3 is 10.1 Å². The lowest BCUT2D eigenvalue weighted by Crippen LogP contribution is -2.51. The molecule has 1 aliphatic carbocycles. The van der Waals surface area contributed by atoms with Gasteiger partial charge in [0.15, 0.2) is 0 Å². The fourth-order valence-electron chi connectivity index (χ4n) is 4.13. The van der Waals surface area contributed by atoms with E-state index < -0.39 is 0 Å². The zero-order valence-electron chi connectivity index (χ0n) is 14.5. The smallest absolute Gasteiger partial charge is 0.0546 e. The molecule has 0 spiro atoms. The van der Waals surface area contributed by atoms with Gasteiger partial charge in [0.2, 0.25) is 0 Å². The van der Waals surface area contributed by atoms with Crippen molar-refractivity contribution in [3.05, 3.63) is 0 Å². The van der Waals surface area contributed by atoms with E-state index in [1.54, 1.807) is 0 Å². The summed E-state index contributed by atoms with van der Waals surface area (Å²) in [5, 5.41) is 3.60. The van der Waals surface area contributed by atoms with Crippen LogP contribution in [0.15, 0.2) is 0 Å². The number of nitrogens with zero attached hydrogens (tertiary/aromatic N) is 1. The molecule has 1 heterocycles. The molecule has 0 aromatic rings. The van der Waals surface area contributed by atoms with Crippen LogP contribution in [0.3, 0.4) is 0 Å². The molecule has 3 heteroatoms. The Kier molecular flexibility index (Phi) is 6.97. The third-order valence-electron chi connectivity index (χ3n) is 5.13. The van der Waals surface area contributed by atoms with Crippen LogP contribution in [0.25, 0.3) is 0 Å². The average Bonchev–Trinajstić information content (AvgIpc) is 2.99. The molecule has 21 heavy (non-hydrogen) atoms. The van der Waals surface area contributed by atoms with E-state index in [0.717, 1.165) is 38.3 Å². The zero-order valence-corrected chi connectivity index (χ0v) is 14.5. The van der Waals surface area contributed by atoms with E-state index in [9.17, 15) is 0 Å². The summed E-state index contributed by atoms with van der Waals surface area (Å²) in [5.74, 6) is 0.756. The first-order chi connectivity index (χ1) is 10.2. The third-order valence-corrected chi connectivity index (χ3v) is 5.13. The molecule has 2 rings (SSSR count). The second-order valence-electron chi connectivity index (χ2n) is 7.70. The summed E-state index contributed by atoms with van der Waals surface area (Å²) in [7, 11) is 0. The highest BCUT2D eigenvalue weighted by Crippen LogP contribution is 2.33. The molecular formula is C18H36N2O. The van der Waals surface area contributed by atoms with E-state index in [2.05, 4.69) is 31.0 Å². The molecule has 3 nitrogen and oxygen atoms in total. The fourth-order valence-corrected chi connectivity index (χ4v) is 4.13. The molecule has 0 amide bonds. The van der Waals surface area contributed by atoms with E-state index in [1.807, 2.05) is 0 Å². The predicted octanol–water partition coefficient (Wildman–Crippen LogP) is 3.29. The molecule has 1 saturated carbocycles. The van der Waals surface area contributed by atoms with Crippen LogP contribution < -0.4 is 5.32 Å². The van der Waals surface area contributed by atoms with Crippen molar-refractivity contribution in [3.63, 3.8) is 0 Å². The number of hydrogen-bond donors (Lipinski definition) is 1. The molecular weight excluding hydrogens is 260 g/mol. The summed E-state index contributed by atoms with van der Waals surface area (Å²) < 4.78 is 5.88. The molecule has 1 N–H and O–H groups in total. The molecule has 1 unspecified atom stereocenters. The molecule has 124 valence electrons. The first-order valence-electron chi connectivity index (χ1n) is 9.18. The van der Waals surface area contributed by atoms with Gasteiger partial charge in [-0.2, -0.15) is 0 Å². The molecule has 1 aliphatic heterocycles. The topological polar surface area (TPSA) is 24.5 Å². The van der Waals surface area contributed by atoms with Gasteiger partial charge in [0.1, 0.15) is 0 Å². The van der Waals surface area contributed by atoms with Crippen LogP contribution in [-0.2, 0) is 4.74 Å². The SMILES string of the molecule is CCNCC1(CN(CC(C)C)C2CCCC2)CCCOC1. The lowest BCUT2D eigenvalue weighted by molar-refractivity contribution is -0.0343. The minimum absolute atomic E-state index is 0.339. The minimum Gasteiger partial charge on any atom is -0.381 e. The monoisotopic (exact) mass is 296 g/mol. The Morgan fingerprint density at radius 1 is 1.24 bits per heavy atom. The van der Waals surface area contributed by atoms with E-state index in [-0.39, 0.29) is 0 Å². The van der Waals surface area contributed by atoms with E-state index >= 15 is 0 Å². The Balaban J connectivity index is 2.02. The molecule has 0 radical (unpaired) electrons. The number of ether oxygens (including phenoxy) is 1. The maximum Gasteiger partial charge on any atom is 0.0546 e. The summed E-state index contributed by atoms with van der Waals surface area (Å²) >= 11 is 0. The van der Waals surface area contributed by atoms with Crippen LogP contribution in [0, 0.1) is 11.3 Å². The van der Waals surface area contributed by atoms with Gasteiger partial charge in [0, 0.05) is 37.7 Å². The quantitative estimate of drug-likeness (QED) is 0.744. The highest BCUT2D eigenvalue weighted by Gasteiger charge is 2.36. The Labute approximate surface area is 131 Å². The van der Waals surface area contributed by atoms with Crippen molar-refractivity contribution >= 4 is 0 Å². The Morgan fingerprint density at radius 3 is 2.57 bits per heavy atom. The van der Waals surface area contributed by atoms with Crippen molar-refractivity contribution in [1.29, 1.82) is 0 Å². The summed E-state index contributed by atoms with van der Waals surface area (Å²) in [6.07, 6.45) is 8.22. The van der Waals surface area contributed by atoms with Crippen LogP contribution in [-0.4, -0.2) is 50.3 Å². The molecule has 2 aliphatic rings. The Bertz CT molecular complexity index is 281. The van der Waals surface area contributed by atoms with Crippen molar-refractivity contribution in [1.82, 2.24) is 10.2 Å². The van der Waals surface area contributed by atoms with Crippen LogP contribution in [0.4, 0.5) is 0 Å². The number of hydrogen-bond acceptors (Lipinski definition) is 3. The van der Waals surface area contributed by atoms with Gasteiger partial charge in [0.05, 0.1) is 6.61 Å². The van der Waals surface area contributed by atoms with Crippen molar-refractivity contribution in [2.45, 2.75) is 65.3 Å². The normalized spacial score (nSPS) is 27.9. The average molecular weight is 296 g/mol. The van der Waals surface area contributed by atoms with Gasteiger partial charge in [-0.05, 0) is 38.1 Å². The molecule has 0 aromatic heterocycles. The Morgan fingerprint density at radius 2 is 2.00 bits per heavy atom. The second-order valence-corrected chi connectivity index (χ2v) is 7.70. The van der Waals surface area contributed by atoms with E-state index in [0.29, 0.717) is 5.41 Å². The van der Waals surface area contributed by atoms with Crippen molar-refractivity contribution in [2.75, 3.05) is 39.4 Å². The van der Waals surface area contributed by atoms with Gasteiger partial charge in [0.25, 0.3) is 0 Å². The predicted molar refractivity (Wildman–Crippen MR) is 89.7 cm³/mol.